The lowest BCUT2D eigenvalue weighted by Gasteiger charge is -2.28. The Bertz CT molecular complexity index is 725. The second kappa shape index (κ2) is 9.77. The maximum absolute atomic E-state index is 12.4. The molecule has 1 saturated heterocycles. The average Bonchev–Trinajstić information content (AvgIpc) is 3.20. The summed E-state index contributed by atoms with van der Waals surface area (Å²) in [5, 5.41) is 3.80. The Labute approximate surface area is 166 Å². The van der Waals surface area contributed by atoms with E-state index in [1.165, 1.54) is 18.4 Å². The molecular formula is C22H27ClN2O2. The number of amides is 1. The van der Waals surface area contributed by atoms with Crippen molar-refractivity contribution in [3.8, 4) is 5.75 Å². The normalized spacial score (nSPS) is 15.5. The molecular weight excluding hydrogens is 360 g/mol. The van der Waals surface area contributed by atoms with Gasteiger partial charge in [-0.15, -0.1) is 0 Å². The first-order chi connectivity index (χ1) is 13.2. The van der Waals surface area contributed by atoms with Gasteiger partial charge in [0.25, 0.3) is 0 Å². The Kier molecular flexibility index (Phi) is 7.13. The molecule has 1 amide bonds. The van der Waals surface area contributed by atoms with Crippen LogP contribution in [-0.4, -0.2) is 37.0 Å². The van der Waals surface area contributed by atoms with Crippen LogP contribution in [0.25, 0.3) is 0 Å². The molecule has 1 atom stereocenters. The first kappa shape index (κ1) is 19.7. The number of rotatable bonds is 8. The molecule has 27 heavy (non-hydrogen) atoms. The third kappa shape index (κ3) is 5.72. The number of benzene rings is 2. The first-order valence-corrected chi connectivity index (χ1v) is 10.0. The minimum atomic E-state index is 0.0347. The number of nitrogens with zero attached hydrogens (tertiary/aromatic N) is 1. The molecule has 3 rings (SSSR count). The lowest BCUT2D eigenvalue weighted by Crippen LogP contribution is -2.37. The van der Waals surface area contributed by atoms with E-state index >= 15 is 0 Å². The number of likely N-dealkylation sites (tertiary alicyclic amines) is 1. The fourth-order valence-corrected chi connectivity index (χ4v) is 3.65. The van der Waals surface area contributed by atoms with Gasteiger partial charge in [0.2, 0.25) is 5.91 Å². The van der Waals surface area contributed by atoms with Crippen LogP contribution in [0.4, 0.5) is 0 Å². The Morgan fingerprint density at radius 2 is 1.78 bits per heavy atom. The van der Waals surface area contributed by atoms with Crippen molar-refractivity contribution in [3.63, 3.8) is 0 Å². The molecule has 1 aliphatic heterocycles. The van der Waals surface area contributed by atoms with Gasteiger partial charge in [-0.25, -0.2) is 0 Å². The van der Waals surface area contributed by atoms with Crippen molar-refractivity contribution in [2.45, 2.75) is 32.2 Å². The molecule has 0 aromatic heterocycles. The molecule has 1 unspecified atom stereocenters. The van der Waals surface area contributed by atoms with E-state index in [2.05, 4.69) is 22.3 Å². The van der Waals surface area contributed by atoms with Crippen molar-refractivity contribution < 1.29 is 9.53 Å². The summed E-state index contributed by atoms with van der Waals surface area (Å²) in [7, 11) is 0. The molecule has 0 spiro atoms. The average molecular weight is 387 g/mol. The molecule has 0 bridgehead atoms. The van der Waals surface area contributed by atoms with Gasteiger partial charge in [0.1, 0.15) is 5.75 Å². The summed E-state index contributed by atoms with van der Waals surface area (Å²) >= 11 is 5.91. The van der Waals surface area contributed by atoms with Crippen LogP contribution in [-0.2, 0) is 11.2 Å². The van der Waals surface area contributed by atoms with Crippen molar-refractivity contribution in [2.75, 3.05) is 26.2 Å². The van der Waals surface area contributed by atoms with Crippen LogP contribution in [0.1, 0.15) is 36.9 Å². The molecule has 1 N–H and O–H groups in total. The molecule has 1 heterocycles. The van der Waals surface area contributed by atoms with Crippen molar-refractivity contribution >= 4 is 17.5 Å². The van der Waals surface area contributed by atoms with E-state index in [9.17, 15) is 4.79 Å². The van der Waals surface area contributed by atoms with Crippen LogP contribution in [0.3, 0.4) is 0 Å². The Morgan fingerprint density at radius 3 is 2.41 bits per heavy atom. The highest BCUT2D eigenvalue weighted by Gasteiger charge is 2.24. The first-order valence-electron chi connectivity index (χ1n) is 9.63. The zero-order chi connectivity index (χ0) is 19.1. The van der Waals surface area contributed by atoms with E-state index in [-0.39, 0.29) is 11.9 Å². The van der Waals surface area contributed by atoms with Gasteiger partial charge in [0, 0.05) is 11.6 Å². The highest BCUT2D eigenvalue weighted by atomic mass is 35.5. The molecule has 0 aliphatic carbocycles. The Balaban J connectivity index is 1.62. The zero-order valence-corrected chi connectivity index (χ0v) is 16.5. The standard InChI is InChI=1S/C22H27ClN2O2/c1-2-27-20-11-7-18(8-12-20)21(25-13-3-4-14-25)16-24-22(26)15-17-5-9-19(23)10-6-17/h5-12,21H,2-4,13-16H2,1H3,(H,24,26). The quantitative estimate of drug-likeness (QED) is 0.738. The van der Waals surface area contributed by atoms with Crippen LogP contribution in [0.15, 0.2) is 48.5 Å². The summed E-state index contributed by atoms with van der Waals surface area (Å²) in [6, 6.07) is 15.9. The molecule has 1 aliphatic rings. The topological polar surface area (TPSA) is 41.6 Å². The smallest absolute Gasteiger partial charge is 0.224 e. The molecule has 2 aromatic carbocycles. The van der Waals surface area contributed by atoms with Crippen molar-refractivity contribution in [3.05, 3.63) is 64.7 Å². The van der Waals surface area contributed by atoms with Crippen LogP contribution in [0.2, 0.25) is 5.02 Å². The van der Waals surface area contributed by atoms with Gasteiger partial charge in [0.15, 0.2) is 0 Å². The molecule has 2 aromatic rings. The van der Waals surface area contributed by atoms with Crippen LogP contribution >= 0.6 is 11.6 Å². The summed E-state index contributed by atoms with van der Waals surface area (Å²) in [6.07, 6.45) is 2.80. The predicted octanol–water partition coefficient (Wildman–Crippen LogP) is 4.23. The summed E-state index contributed by atoms with van der Waals surface area (Å²) in [5.41, 5.74) is 2.18. The Morgan fingerprint density at radius 1 is 1.11 bits per heavy atom. The van der Waals surface area contributed by atoms with Gasteiger partial charge in [-0.1, -0.05) is 35.9 Å². The molecule has 5 heteroatoms. The van der Waals surface area contributed by atoms with Gasteiger partial charge >= 0.3 is 0 Å². The molecule has 0 radical (unpaired) electrons. The maximum atomic E-state index is 12.4. The monoisotopic (exact) mass is 386 g/mol. The van der Waals surface area contributed by atoms with E-state index in [4.69, 9.17) is 16.3 Å². The number of halogens is 1. The van der Waals surface area contributed by atoms with E-state index in [1.807, 2.05) is 43.3 Å². The number of carbonyl (C=O) groups is 1. The van der Waals surface area contributed by atoms with Crippen LogP contribution < -0.4 is 10.1 Å². The van der Waals surface area contributed by atoms with Gasteiger partial charge in [-0.05, 0) is 68.2 Å². The minimum absolute atomic E-state index is 0.0347. The third-order valence-electron chi connectivity index (χ3n) is 4.93. The second-order valence-corrected chi connectivity index (χ2v) is 7.30. The lowest BCUT2D eigenvalue weighted by atomic mass is 10.0. The van der Waals surface area contributed by atoms with E-state index in [1.54, 1.807) is 0 Å². The number of hydrogen-bond acceptors (Lipinski definition) is 3. The Hall–Kier alpha value is -2.04. The SMILES string of the molecule is CCOc1ccc(C(CNC(=O)Cc2ccc(Cl)cc2)N2CCCC2)cc1. The van der Waals surface area contributed by atoms with Crippen LogP contribution in [0, 0.1) is 0 Å². The molecule has 144 valence electrons. The number of ether oxygens (including phenoxy) is 1. The van der Waals surface area contributed by atoms with E-state index in [0.29, 0.717) is 24.6 Å². The highest BCUT2D eigenvalue weighted by molar-refractivity contribution is 6.30. The highest BCUT2D eigenvalue weighted by Crippen LogP contribution is 2.26. The third-order valence-corrected chi connectivity index (χ3v) is 5.18. The molecule has 0 saturated carbocycles. The number of hydrogen-bond donors (Lipinski definition) is 1. The predicted molar refractivity (Wildman–Crippen MR) is 109 cm³/mol. The fraction of sp³-hybridized carbons (Fsp3) is 0.409. The summed E-state index contributed by atoms with van der Waals surface area (Å²) in [4.78, 5) is 14.9. The molecule has 4 nitrogen and oxygen atoms in total. The van der Waals surface area contributed by atoms with Gasteiger partial charge in [0.05, 0.1) is 19.1 Å². The van der Waals surface area contributed by atoms with Crippen molar-refractivity contribution in [1.29, 1.82) is 0 Å². The lowest BCUT2D eigenvalue weighted by molar-refractivity contribution is -0.120. The van der Waals surface area contributed by atoms with Gasteiger partial charge < -0.3 is 10.1 Å². The number of nitrogens with one attached hydrogen (secondary N) is 1. The van der Waals surface area contributed by atoms with E-state index < -0.39 is 0 Å². The van der Waals surface area contributed by atoms with Crippen LogP contribution in [0.5, 0.6) is 5.75 Å². The fourth-order valence-electron chi connectivity index (χ4n) is 3.52. The van der Waals surface area contributed by atoms with Gasteiger partial charge in [-0.3, -0.25) is 9.69 Å². The maximum Gasteiger partial charge on any atom is 0.224 e. The largest absolute Gasteiger partial charge is 0.494 e. The minimum Gasteiger partial charge on any atom is -0.494 e. The summed E-state index contributed by atoms with van der Waals surface area (Å²) in [6.45, 7) is 5.41. The summed E-state index contributed by atoms with van der Waals surface area (Å²) < 4.78 is 5.55. The number of carbonyl (C=O) groups excluding carboxylic acids is 1. The second-order valence-electron chi connectivity index (χ2n) is 6.87. The van der Waals surface area contributed by atoms with E-state index in [0.717, 1.165) is 24.4 Å². The van der Waals surface area contributed by atoms with Gasteiger partial charge in [-0.2, -0.15) is 0 Å². The zero-order valence-electron chi connectivity index (χ0n) is 15.8. The summed E-state index contributed by atoms with van der Waals surface area (Å²) in [5.74, 6) is 0.917. The molecule has 1 fully saturated rings. The van der Waals surface area contributed by atoms with Crippen molar-refractivity contribution in [1.82, 2.24) is 10.2 Å². The van der Waals surface area contributed by atoms with Crippen molar-refractivity contribution in [2.24, 2.45) is 0 Å².